The lowest BCUT2D eigenvalue weighted by atomic mass is 10.2. The topological polar surface area (TPSA) is 67.9 Å². The Morgan fingerprint density at radius 1 is 1.30 bits per heavy atom. The molecule has 5 nitrogen and oxygen atoms in total. The van der Waals surface area contributed by atoms with E-state index in [0.717, 1.165) is 5.56 Å². The third-order valence-electron chi connectivity index (χ3n) is 2.61. The van der Waals surface area contributed by atoms with Crippen LogP contribution in [0.5, 0.6) is 0 Å². The van der Waals surface area contributed by atoms with Gasteiger partial charge in [-0.15, -0.1) is 0 Å². The number of rotatable bonds is 6. The monoisotopic (exact) mass is 307 g/mol. The van der Waals surface area contributed by atoms with E-state index in [-0.39, 0.29) is 0 Å². The Balaban J connectivity index is 2.15. The maximum absolute atomic E-state index is 5.81. The Morgan fingerprint density at radius 2 is 2.05 bits per heavy atom. The maximum atomic E-state index is 5.81. The lowest BCUT2D eigenvalue weighted by Gasteiger charge is -2.22. The summed E-state index contributed by atoms with van der Waals surface area (Å²) in [6.45, 7) is 1.28. The number of nitrogens with zero attached hydrogens (tertiary/aromatic N) is 4. The van der Waals surface area contributed by atoms with Crippen LogP contribution in [-0.2, 0) is 6.54 Å². The molecule has 0 aliphatic carbocycles. The van der Waals surface area contributed by atoms with Crippen molar-refractivity contribution in [3.8, 4) is 0 Å². The van der Waals surface area contributed by atoms with E-state index >= 15 is 0 Å². The van der Waals surface area contributed by atoms with Crippen molar-refractivity contribution in [2.45, 2.75) is 13.0 Å². The van der Waals surface area contributed by atoms with Crippen LogP contribution in [0.1, 0.15) is 12.0 Å². The summed E-state index contributed by atoms with van der Waals surface area (Å²) < 4.78 is 0. The largest absolute Gasteiger partial charge is 0.393 e. The van der Waals surface area contributed by atoms with Crippen molar-refractivity contribution in [1.29, 1.82) is 0 Å². The van der Waals surface area contributed by atoms with E-state index < -0.39 is 0 Å². The van der Waals surface area contributed by atoms with Gasteiger partial charge in [-0.1, -0.05) is 29.9 Å². The van der Waals surface area contributed by atoms with E-state index in [2.05, 4.69) is 15.0 Å². The van der Waals surface area contributed by atoms with Crippen LogP contribution in [0.25, 0.3) is 0 Å². The third-order valence-corrected chi connectivity index (χ3v) is 3.01. The average molecular weight is 308 g/mol. The third kappa shape index (κ3) is 4.40. The van der Waals surface area contributed by atoms with Crippen molar-refractivity contribution in [1.82, 2.24) is 15.0 Å². The van der Waals surface area contributed by atoms with Gasteiger partial charge in [0.25, 0.3) is 0 Å². The summed E-state index contributed by atoms with van der Waals surface area (Å²) in [4.78, 5) is 15.0. The zero-order valence-electron chi connectivity index (χ0n) is 10.7. The smallest absolute Gasteiger partial charge is 0.225 e. The molecule has 0 amide bonds. The number of hydrogen-bond acceptors (Lipinski definition) is 5. The van der Waals surface area contributed by atoms with Crippen LogP contribution in [0.4, 0.5) is 5.95 Å². The predicted molar refractivity (Wildman–Crippen MR) is 83.7 cm³/mol. The van der Waals surface area contributed by atoms with Crippen molar-refractivity contribution >= 4 is 34.8 Å². The van der Waals surface area contributed by atoms with E-state index in [1.54, 1.807) is 18.6 Å². The average Bonchev–Trinajstić information content (AvgIpc) is 2.45. The molecule has 0 aromatic carbocycles. The zero-order valence-corrected chi connectivity index (χ0v) is 12.3. The summed E-state index contributed by atoms with van der Waals surface area (Å²) in [7, 11) is 0. The van der Waals surface area contributed by atoms with Crippen LogP contribution >= 0.6 is 23.8 Å². The molecule has 0 bridgehead atoms. The van der Waals surface area contributed by atoms with E-state index in [1.165, 1.54) is 0 Å². The fraction of sp³-hybridized carbons (Fsp3) is 0.231. The van der Waals surface area contributed by atoms with E-state index in [1.807, 2.05) is 23.2 Å². The minimum atomic E-state index is 0.468. The predicted octanol–water partition coefficient (Wildman–Crippen LogP) is 2.21. The van der Waals surface area contributed by atoms with Gasteiger partial charge in [0.05, 0.1) is 22.4 Å². The first-order valence-corrected chi connectivity index (χ1v) is 6.83. The highest BCUT2D eigenvalue weighted by atomic mass is 35.5. The van der Waals surface area contributed by atoms with Gasteiger partial charge in [-0.3, -0.25) is 4.98 Å². The number of anilines is 1. The van der Waals surface area contributed by atoms with Crippen LogP contribution in [0.3, 0.4) is 0 Å². The number of thiocarbonyl (C=S) groups is 1. The number of nitrogens with two attached hydrogens (primary N) is 1. The first kappa shape index (κ1) is 14.6. The second kappa shape index (κ2) is 7.12. The molecule has 2 rings (SSSR count). The lowest BCUT2D eigenvalue weighted by Crippen LogP contribution is -2.28. The Bertz CT molecular complexity index is 561. The fourth-order valence-electron chi connectivity index (χ4n) is 1.68. The Kier molecular flexibility index (Phi) is 5.20. The lowest BCUT2D eigenvalue weighted by molar-refractivity contribution is 0.769. The summed E-state index contributed by atoms with van der Waals surface area (Å²) in [5.41, 5.74) is 6.63. The van der Waals surface area contributed by atoms with Gasteiger partial charge in [-0.2, -0.15) is 0 Å². The maximum Gasteiger partial charge on any atom is 0.225 e. The summed E-state index contributed by atoms with van der Waals surface area (Å²) >= 11 is 10.7. The molecule has 0 saturated heterocycles. The molecule has 0 fully saturated rings. The molecule has 0 unspecified atom stereocenters. The van der Waals surface area contributed by atoms with Gasteiger partial charge >= 0.3 is 0 Å². The molecule has 0 radical (unpaired) electrons. The van der Waals surface area contributed by atoms with Crippen molar-refractivity contribution in [3.63, 3.8) is 0 Å². The standard InChI is InChI=1S/C13H14ClN5S/c14-11-7-17-13(18-8-11)19(5-3-12(15)20)9-10-2-1-4-16-6-10/h1-2,4,6-8H,3,5,9H2,(H2,15,20). The molecule has 2 aromatic rings. The quantitative estimate of drug-likeness (QED) is 0.825. The number of pyridine rings is 1. The van der Waals surface area contributed by atoms with Crippen molar-refractivity contribution in [2.75, 3.05) is 11.4 Å². The molecule has 0 saturated carbocycles. The molecule has 2 aromatic heterocycles. The highest BCUT2D eigenvalue weighted by Gasteiger charge is 2.11. The molecule has 7 heteroatoms. The van der Waals surface area contributed by atoms with Gasteiger partial charge in [-0.05, 0) is 11.6 Å². The van der Waals surface area contributed by atoms with Crippen molar-refractivity contribution in [3.05, 3.63) is 47.5 Å². The first-order valence-electron chi connectivity index (χ1n) is 6.05. The van der Waals surface area contributed by atoms with Gasteiger partial charge in [-0.25, -0.2) is 9.97 Å². The highest BCUT2D eigenvalue weighted by Crippen LogP contribution is 2.14. The zero-order chi connectivity index (χ0) is 14.4. The van der Waals surface area contributed by atoms with Gasteiger partial charge in [0.15, 0.2) is 0 Å². The second-order valence-electron chi connectivity index (χ2n) is 4.20. The number of hydrogen-bond donors (Lipinski definition) is 1. The van der Waals surface area contributed by atoms with Crippen LogP contribution in [0.15, 0.2) is 36.9 Å². The molecule has 2 heterocycles. The molecular weight excluding hydrogens is 294 g/mol. The highest BCUT2D eigenvalue weighted by molar-refractivity contribution is 7.80. The summed E-state index contributed by atoms with van der Waals surface area (Å²) in [6.07, 6.45) is 7.29. The van der Waals surface area contributed by atoms with E-state index in [0.29, 0.717) is 35.5 Å². The number of halogens is 1. The summed E-state index contributed by atoms with van der Waals surface area (Å²) in [5.74, 6) is 0.592. The number of aromatic nitrogens is 3. The van der Waals surface area contributed by atoms with E-state index in [9.17, 15) is 0 Å². The molecule has 104 valence electrons. The molecular formula is C13H14ClN5S. The molecule has 2 N–H and O–H groups in total. The minimum Gasteiger partial charge on any atom is -0.393 e. The fourth-order valence-corrected chi connectivity index (χ4v) is 1.86. The molecule has 0 aliphatic heterocycles. The van der Waals surface area contributed by atoms with Crippen LogP contribution in [0, 0.1) is 0 Å². The summed E-state index contributed by atoms with van der Waals surface area (Å²) in [6, 6.07) is 3.89. The van der Waals surface area contributed by atoms with Gasteiger partial charge in [0, 0.05) is 31.9 Å². The summed E-state index contributed by atoms with van der Waals surface area (Å²) in [5, 5.41) is 0.504. The Hall–Kier alpha value is -1.79. The second-order valence-corrected chi connectivity index (χ2v) is 5.16. The van der Waals surface area contributed by atoms with Crippen molar-refractivity contribution < 1.29 is 0 Å². The van der Waals surface area contributed by atoms with Crippen LogP contribution in [-0.4, -0.2) is 26.5 Å². The SMILES string of the molecule is NC(=S)CCN(Cc1cccnc1)c1ncc(Cl)cn1. The minimum absolute atomic E-state index is 0.468. The van der Waals surface area contributed by atoms with Gasteiger partial charge < -0.3 is 10.6 Å². The van der Waals surface area contributed by atoms with Crippen molar-refractivity contribution in [2.24, 2.45) is 5.73 Å². The molecule has 0 aliphatic rings. The molecule has 0 spiro atoms. The Labute approximate surface area is 127 Å². The first-order chi connectivity index (χ1) is 9.65. The molecule has 20 heavy (non-hydrogen) atoms. The Morgan fingerprint density at radius 3 is 2.65 bits per heavy atom. The van der Waals surface area contributed by atoms with Crippen LogP contribution in [0.2, 0.25) is 5.02 Å². The van der Waals surface area contributed by atoms with Crippen LogP contribution < -0.4 is 10.6 Å². The van der Waals surface area contributed by atoms with Gasteiger partial charge in [0.2, 0.25) is 5.95 Å². The normalized spacial score (nSPS) is 10.2. The van der Waals surface area contributed by atoms with Gasteiger partial charge in [0.1, 0.15) is 0 Å². The van der Waals surface area contributed by atoms with E-state index in [4.69, 9.17) is 29.6 Å². The molecule has 0 atom stereocenters.